The van der Waals surface area contributed by atoms with Crippen LogP contribution in [0.5, 0.6) is 0 Å². The van der Waals surface area contributed by atoms with Crippen molar-refractivity contribution in [2.75, 3.05) is 0 Å². The molecule has 2 rings (SSSR count). The van der Waals surface area contributed by atoms with Gasteiger partial charge in [-0.25, -0.2) is 0 Å². The number of nitrogens with two attached hydrogens (primary N) is 2. The number of hydrogen-bond acceptors (Lipinski definition) is 2. The zero-order valence-corrected chi connectivity index (χ0v) is 8.09. The Morgan fingerprint density at radius 2 is 2.08 bits per heavy atom. The van der Waals surface area contributed by atoms with Crippen LogP contribution < -0.4 is 11.5 Å². The van der Waals surface area contributed by atoms with Gasteiger partial charge in [-0.05, 0) is 24.7 Å². The zero-order chi connectivity index (χ0) is 9.15. The fourth-order valence-electron chi connectivity index (χ4n) is 2.64. The van der Waals surface area contributed by atoms with Gasteiger partial charge in [-0.3, -0.25) is 0 Å². The van der Waals surface area contributed by atoms with Crippen LogP contribution >= 0.6 is 0 Å². The summed E-state index contributed by atoms with van der Waals surface area (Å²) in [6.07, 6.45) is 3.25. The first-order chi connectivity index (χ1) is 5.39. The minimum absolute atomic E-state index is 0.0487. The topological polar surface area (TPSA) is 52.0 Å². The lowest BCUT2D eigenvalue weighted by atomic mass is 9.93. The molecule has 0 spiro atoms. The van der Waals surface area contributed by atoms with Crippen LogP contribution in [0.4, 0.5) is 0 Å². The van der Waals surface area contributed by atoms with E-state index < -0.39 is 0 Å². The van der Waals surface area contributed by atoms with E-state index >= 15 is 0 Å². The molecule has 68 valence electrons. The van der Waals surface area contributed by atoms with Crippen LogP contribution in [-0.4, -0.2) is 11.6 Å². The Balaban J connectivity index is 2.34. The third-order valence-electron chi connectivity index (χ3n) is 4.02. The predicted octanol–water partition coefficient (Wildman–Crippen LogP) is 1.02. The molecule has 12 heavy (non-hydrogen) atoms. The van der Waals surface area contributed by atoms with Crippen LogP contribution in [0, 0.1) is 11.3 Å². The molecular formula is C10H18N2. The minimum atomic E-state index is -0.0487. The lowest BCUT2D eigenvalue weighted by Gasteiger charge is -2.20. The Morgan fingerprint density at radius 1 is 1.50 bits per heavy atom. The third kappa shape index (κ3) is 0.723. The first-order valence-corrected chi connectivity index (χ1v) is 4.63. The minimum Gasteiger partial charge on any atom is -0.324 e. The molecule has 0 aromatic heterocycles. The molecule has 2 aliphatic carbocycles. The Bertz CT molecular complexity index is 255. The molecule has 2 aliphatic rings. The summed E-state index contributed by atoms with van der Waals surface area (Å²) in [6.45, 7) is 6.56. The third-order valence-corrected chi connectivity index (χ3v) is 4.02. The second-order valence-corrected chi connectivity index (χ2v) is 4.94. The summed E-state index contributed by atoms with van der Waals surface area (Å²) in [5.74, 6) is 0.601. The van der Waals surface area contributed by atoms with Gasteiger partial charge < -0.3 is 11.5 Å². The molecule has 0 radical (unpaired) electrons. The summed E-state index contributed by atoms with van der Waals surface area (Å²) in [4.78, 5) is 0. The van der Waals surface area contributed by atoms with Crippen molar-refractivity contribution in [1.29, 1.82) is 0 Å². The molecule has 3 atom stereocenters. The molecule has 1 fully saturated rings. The Labute approximate surface area is 74.0 Å². The Kier molecular flexibility index (Phi) is 1.33. The summed E-state index contributed by atoms with van der Waals surface area (Å²) in [7, 11) is 0. The monoisotopic (exact) mass is 166 g/mol. The molecule has 0 bridgehead atoms. The van der Waals surface area contributed by atoms with Crippen LogP contribution in [0.3, 0.4) is 0 Å². The fraction of sp³-hybridized carbons (Fsp3) is 0.800. The van der Waals surface area contributed by atoms with Crippen molar-refractivity contribution in [2.45, 2.75) is 38.8 Å². The van der Waals surface area contributed by atoms with E-state index in [1.165, 1.54) is 5.57 Å². The highest BCUT2D eigenvalue weighted by atomic mass is 15.0. The van der Waals surface area contributed by atoms with Crippen molar-refractivity contribution in [3.63, 3.8) is 0 Å². The summed E-state index contributed by atoms with van der Waals surface area (Å²) in [5, 5.41) is 0. The average molecular weight is 166 g/mol. The number of rotatable bonds is 0. The van der Waals surface area contributed by atoms with Gasteiger partial charge in [0.25, 0.3) is 0 Å². The molecule has 0 amide bonds. The molecule has 2 nitrogen and oxygen atoms in total. The highest BCUT2D eigenvalue weighted by molar-refractivity contribution is 5.38. The number of hydrogen-bond donors (Lipinski definition) is 2. The Morgan fingerprint density at radius 3 is 2.58 bits per heavy atom. The van der Waals surface area contributed by atoms with E-state index in [9.17, 15) is 0 Å². The van der Waals surface area contributed by atoms with Gasteiger partial charge in [0, 0.05) is 11.6 Å². The first kappa shape index (κ1) is 8.27. The first-order valence-electron chi connectivity index (χ1n) is 4.63. The van der Waals surface area contributed by atoms with Crippen molar-refractivity contribution in [3.05, 3.63) is 11.6 Å². The summed E-state index contributed by atoms with van der Waals surface area (Å²) in [6, 6.07) is 0.244. The van der Waals surface area contributed by atoms with Gasteiger partial charge in [0.2, 0.25) is 0 Å². The Hall–Kier alpha value is -0.340. The molecule has 1 saturated carbocycles. The summed E-state index contributed by atoms with van der Waals surface area (Å²) >= 11 is 0. The van der Waals surface area contributed by atoms with E-state index in [0.717, 1.165) is 6.42 Å². The van der Waals surface area contributed by atoms with Gasteiger partial charge in [0.05, 0.1) is 0 Å². The summed E-state index contributed by atoms with van der Waals surface area (Å²) in [5.41, 5.74) is 13.7. The van der Waals surface area contributed by atoms with Gasteiger partial charge in [-0.1, -0.05) is 25.5 Å². The van der Waals surface area contributed by atoms with Crippen molar-refractivity contribution in [3.8, 4) is 0 Å². The van der Waals surface area contributed by atoms with Crippen molar-refractivity contribution in [2.24, 2.45) is 22.8 Å². The standard InChI is InChI=1S/C10H18N2/c1-6-5-10(12)8(4-7(6)11)9(10,2)3/h5,7-8H,4,11-12H2,1-3H3. The normalized spacial score (nSPS) is 49.6. The van der Waals surface area contributed by atoms with E-state index in [2.05, 4.69) is 26.8 Å². The van der Waals surface area contributed by atoms with E-state index in [-0.39, 0.29) is 17.0 Å². The van der Waals surface area contributed by atoms with E-state index in [0.29, 0.717) is 5.92 Å². The van der Waals surface area contributed by atoms with Crippen LogP contribution in [0.25, 0.3) is 0 Å². The molecule has 0 aromatic rings. The second kappa shape index (κ2) is 1.94. The average Bonchev–Trinajstić information content (AvgIpc) is 2.33. The van der Waals surface area contributed by atoms with Crippen molar-refractivity contribution >= 4 is 0 Å². The molecule has 0 aliphatic heterocycles. The van der Waals surface area contributed by atoms with Crippen molar-refractivity contribution < 1.29 is 0 Å². The maximum atomic E-state index is 6.25. The van der Waals surface area contributed by atoms with E-state index in [1.807, 2.05) is 0 Å². The van der Waals surface area contributed by atoms with Crippen LogP contribution in [-0.2, 0) is 0 Å². The van der Waals surface area contributed by atoms with E-state index in [4.69, 9.17) is 11.5 Å². The largest absolute Gasteiger partial charge is 0.324 e. The second-order valence-electron chi connectivity index (χ2n) is 4.94. The van der Waals surface area contributed by atoms with Gasteiger partial charge in [0.1, 0.15) is 0 Å². The molecule has 3 unspecified atom stereocenters. The molecular weight excluding hydrogens is 148 g/mol. The van der Waals surface area contributed by atoms with Crippen molar-refractivity contribution in [1.82, 2.24) is 0 Å². The molecule has 0 heterocycles. The lowest BCUT2D eigenvalue weighted by Crippen LogP contribution is -2.34. The maximum absolute atomic E-state index is 6.25. The van der Waals surface area contributed by atoms with Gasteiger partial charge in [0.15, 0.2) is 0 Å². The zero-order valence-electron chi connectivity index (χ0n) is 8.09. The SMILES string of the molecule is CC1=CC2(N)C(CC1N)C2(C)C. The molecule has 4 N–H and O–H groups in total. The maximum Gasteiger partial charge on any atom is 0.0432 e. The van der Waals surface area contributed by atoms with Gasteiger partial charge in [-0.2, -0.15) is 0 Å². The molecule has 0 saturated heterocycles. The lowest BCUT2D eigenvalue weighted by molar-refractivity contribution is 0.507. The van der Waals surface area contributed by atoms with Crippen LogP contribution in [0.15, 0.2) is 11.6 Å². The quantitative estimate of drug-likeness (QED) is 0.528. The van der Waals surface area contributed by atoms with Crippen LogP contribution in [0.1, 0.15) is 27.2 Å². The van der Waals surface area contributed by atoms with Crippen LogP contribution in [0.2, 0.25) is 0 Å². The highest BCUT2D eigenvalue weighted by Crippen LogP contribution is 2.64. The van der Waals surface area contributed by atoms with Gasteiger partial charge >= 0.3 is 0 Å². The van der Waals surface area contributed by atoms with E-state index in [1.54, 1.807) is 0 Å². The molecule has 2 heteroatoms. The molecule has 0 aromatic carbocycles. The number of fused-ring (bicyclic) bond motifs is 1. The summed E-state index contributed by atoms with van der Waals surface area (Å²) < 4.78 is 0. The fourth-order valence-corrected chi connectivity index (χ4v) is 2.64. The highest BCUT2D eigenvalue weighted by Gasteiger charge is 2.68. The predicted molar refractivity (Wildman–Crippen MR) is 50.5 cm³/mol. The van der Waals surface area contributed by atoms with Gasteiger partial charge in [-0.15, -0.1) is 0 Å². The smallest absolute Gasteiger partial charge is 0.0432 e.